The smallest absolute Gasteiger partial charge is 0.375 e. The molecule has 0 saturated carbocycles. The molecule has 9 heteroatoms. The van der Waals surface area contributed by atoms with Crippen molar-refractivity contribution in [1.82, 2.24) is 4.48 Å². The molecule has 1 unspecified atom stereocenters. The van der Waals surface area contributed by atoms with E-state index in [1.165, 1.54) is 0 Å². The first kappa shape index (κ1) is 30.2. The molecule has 1 atom stereocenters. The van der Waals surface area contributed by atoms with E-state index in [1.807, 2.05) is 63.3 Å². The highest BCUT2D eigenvalue weighted by Gasteiger charge is 2.35. The number of rotatable bonds is 10. The Balaban J connectivity index is 1.55. The van der Waals surface area contributed by atoms with Gasteiger partial charge < -0.3 is 15.3 Å². The van der Waals surface area contributed by atoms with Crippen LogP contribution in [0.2, 0.25) is 5.02 Å². The molecule has 2 aromatic carbocycles. The summed E-state index contributed by atoms with van der Waals surface area (Å²) in [6, 6.07) is 16.0. The molecule has 3 aromatic rings. The van der Waals surface area contributed by atoms with Crippen molar-refractivity contribution in [3.8, 4) is 0 Å². The van der Waals surface area contributed by atoms with Crippen LogP contribution >= 0.6 is 11.6 Å². The number of nitrogens with two attached hydrogens (primary N) is 1. The molecule has 41 heavy (non-hydrogen) atoms. The van der Waals surface area contributed by atoms with Crippen LogP contribution in [0.5, 0.6) is 0 Å². The number of carbonyl (C=O) groups excluding carboxylic acids is 1. The Kier molecular flexibility index (Phi) is 9.15. The summed E-state index contributed by atoms with van der Waals surface area (Å²) >= 11 is 6.03. The van der Waals surface area contributed by atoms with Gasteiger partial charge in [0.15, 0.2) is 5.60 Å². The van der Waals surface area contributed by atoms with Gasteiger partial charge in [-0.3, -0.25) is 18.4 Å². The summed E-state index contributed by atoms with van der Waals surface area (Å²) in [6.45, 7) is 7.36. The number of aliphatic hydroxyl groups is 1. The number of aromatic nitrogens is 1. The minimum absolute atomic E-state index is 0.151. The van der Waals surface area contributed by atoms with E-state index in [4.69, 9.17) is 22.3 Å². The average molecular weight is 576 g/mol. The van der Waals surface area contributed by atoms with E-state index in [0.717, 1.165) is 32.5 Å². The quantitative estimate of drug-likeness (QED) is 0.197. The molecular weight excluding hydrogens is 543 g/mol. The van der Waals surface area contributed by atoms with Gasteiger partial charge in [0.2, 0.25) is 0 Å². The largest absolute Gasteiger partial charge is 0.677 e. The van der Waals surface area contributed by atoms with Crippen LogP contribution in [0.25, 0.3) is 11.6 Å². The van der Waals surface area contributed by atoms with Crippen LogP contribution in [0.4, 0.5) is 8.63 Å². The van der Waals surface area contributed by atoms with E-state index in [0.29, 0.717) is 46.1 Å². The molecule has 0 bridgehead atoms. The Morgan fingerprint density at radius 2 is 1.83 bits per heavy atom. The van der Waals surface area contributed by atoms with Crippen LogP contribution in [0.3, 0.4) is 0 Å². The molecule has 5 nitrogen and oxygen atoms in total. The number of aliphatic imine (C=N–C) groups is 1. The molecule has 0 aliphatic carbocycles. The van der Waals surface area contributed by atoms with Gasteiger partial charge in [-0.2, -0.15) is 0 Å². The average Bonchev–Trinajstić information content (AvgIpc) is 3.40. The number of primary amides is 1. The zero-order chi connectivity index (χ0) is 29.9. The minimum Gasteiger partial charge on any atom is -0.375 e. The van der Waals surface area contributed by atoms with Gasteiger partial charge in [-0.15, -0.1) is 0 Å². The Hall–Kier alpha value is -3.75. The Morgan fingerprint density at radius 1 is 1.12 bits per heavy atom. The zero-order valence-electron chi connectivity index (χ0n) is 23.6. The Bertz CT molecular complexity index is 1590. The number of allylic oxidation sites excluding steroid dienone is 3. The highest BCUT2D eigenvalue weighted by atomic mass is 35.5. The van der Waals surface area contributed by atoms with E-state index in [2.05, 4.69) is 0 Å². The fourth-order valence-electron chi connectivity index (χ4n) is 5.32. The lowest BCUT2D eigenvalue weighted by Crippen LogP contribution is -2.41. The third-order valence-electron chi connectivity index (χ3n) is 7.30. The monoisotopic (exact) mass is 575 g/mol. The SMILES string of the molecule is CC1=CC(C)=N/C1=C(/c1ccc(/C=C/CCCC(O)(C(N)=O)c2cccc(Cl)c2)cc1)c1c(C)cc(C)n1B(F)F. The van der Waals surface area contributed by atoms with Gasteiger partial charge in [-0.25, -0.2) is 0 Å². The van der Waals surface area contributed by atoms with Gasteiger partial charge in [-0.05, 0) is 99.1 Å². The molecule has 4 rings (SSSR count). The number of amides is 1. The Morgan fingerprint density at radius 3 is 2.41 bits per heavy atom. The number of hydrogen-bond donors (Lipinski definition) is 2. The van der Waals surface area contributed by atoms with Crippen molar-refractivity contribution in [3.63, 3.8) is 0 Å². The molecule has 0 saturated heterocycles. The number of nitrogens with zero attached hydrogens (tertiary/aromatic N) is 2. The third kappa shape index (κ3) is 6.44. The zero-order valence-corrected chi connectivity index (χ0v) is 24.3. The van der Waals surface area contributed by atoms with Crippen molar-refractivity contribution in [2.24, 2.45) is 10.7 Å². The predicted octanol–water partition coefficient (Wildman–Crippen LogP) is 7.27. The highest BCUT2D eigenvalue weighted by molar-refractivity contribution is 6.41. The minimum atomic E-state index is -2.68. The number of unbranched alkanes of at least 4 members (excludes halogenated alkanes) is 1. The van der Waals surface area contributed by atoms with Crippen LogP contribution in [0.15, 0.2) is 83.0 Å². The molecule has 1 aliphatic heterocycles. The molecule has 1 amide bonds. The fraction of sp³-hybridized carbons (Fsp3) is 0.250. The number of halogens is 3. The second-order valence-electron chi connectivity index (χ2n) is 10.4. The summed E-state index contributed by atoms with van der Waals surface area (Å²) in [5.41, 5.74) is 10.6. The summed E-state index contributed by atoms with van der Waals surface area (Å²) in [5, 5.41) is 11.4. The maximum absolute atomic E-state index is 14.2. The van der Waals surface area contributed by atoms with E-state index >= 15 is 0 Å². The van der Waals surface area contributed by atoms with Crippen molar-refractivity contribution in [2.75, 3.05) is 0 Å². The first-order chi connectivity index (χ1) is 19.4. The molecule has 0 fully saturated rings. The molecule has 1 aliphatic rings. The predicted molar refractivity (Wildman–Crippen MR) is 164 cm³/mol. The van der Waals surface area contributed by atoms with Gasteiger partial charge >= 0.3 is 7.40 Å². The summed E-state index contributed by atoms with van der Waals surface area (Å²) in [5.74, 6) is -0.820. The molecule has 212 valence electrons. The number of carbonyl (C=O) groups is 1. The molecule has 0 radical (unpaired) electrons. The van der Waals surface area contributed by atoms with E-state index in [-0.39, 0.29) is 6.42 Å². The van der Waals surface area contributed by atoms with Crippen molar-refractivity contribution in [3.05, 3.63) is 117 Å². The third-order valence-corrected chi connectivity index (χ3v) is 7.54. The lowest BCUT2D eigenvalue weighted by molar-refractivity contribution is -0.138. The second-order valence-corrected chi connectivity index (χ2v) is 10.9. The Labute approximate surface area is 244 Å². The summed E-state index contributed by atoms with van der Waals surface area (Å²) in [4.78, 5) is 16.8. The first-order valence-corrected chi connectivity index (χ1v) is 13.8. The molecule has 3 N–H and O–H groups in total. The maximum Gasteiger partial charge on any atom is 0.677 e. The normalized spacial score (nSPS) is 16.0. The van der Waals surface area contributed by atoms with E-state index in [9.17, 15) is 18.5 Å². The summed E-state index contributed by atoms with van der Waals surface area (Å²) in [6.07, 6.45) is 7.13. The van der Waals surface area contributed by atoms with Crippen LogP contribution < -0.4 is 5.73 Å². The maximum atomic E-state index is 14.2. The van der Waals surface area contributed by atoms with Gasteiger partial charge in [0.05, 0.1) is 5.70 Å². The first-order valence-electron chi connectivity index (χ1n) is 13.4. The summed E-state index contributed by atoms with van der Waals surface area (Å²) in [7, 11) is -2.68. The van der Waals surface area contributed by atoms with Crippen LogP contribution in [-0.2, 0) is 10.4 Å². The summed E-state index contributed by atoms with van der Waals surface area (Å²) < 4.78 is 29.4. The van der Waals surface area contributed by atoms with Gasteiger partial charge in [0.1, 0.15) is 0 Å². The van der Waals surface area contributed by atoms with Gasteiger partial charge in [-0.1, -0.05) is 60.2 Å². The van der Waals surface area contributed by atoms with E-state index in [1.54, 1.807) is 37.3 Å². The molecule has 2 heterocycles. The lowest BCUT2D eigenvalue weighted by atomic mass is 9.88. The topological polar surface area (TPSA) is 80.6 Å². The van der Waals surface area contributed by atoms with Gasteiger partial charge in [0.25, 0.3) is 5.91 Å². The van der Waals surface area contributed by atoms with E-state index < -0.39 is 18.9 Å². The van der Waals surface area contributed by atoms with Gasteiger partial charge in [0, 0.05) is 27.7 Å². The number of benzene rings is 2. The van der Waals surface area contributed by atoms with Crippen molar-refractivity contribution < 1.29 is 18.5 Å². The molecule has 1 aromatic heterocycles. The number of hydrogen-bond acceptors (Lipinski definition) is 3. The second kappa shape index (κ2) is 12.4. The van der Waals surface area contributed by atoms with Crippen LogP contribution in [0.1, 0.15) is 66.8 Å². The van der Waals surface area contributed by atoms with Crippen LogP contribution in [0, 0.1) is 13.8 Å². The highest BCUT2D eigenvalue weighted by Crippen LogP contribution is 2.37. The van der Waals surface area contributed by atoms with Crippen molar-refractivity contribution in [1.29, 1.82) is 0 Å². The standard InChI is InChI=1S/C32H33BClF2N3O2/c1-20-17-22(3)38-29(20)28(30-21(2)18-23(4)39(30)33(35)36)25-14-12-24(13-15-25)9-6-5-7-16-32(41,31(37)40)26-10-8-11-27(34)19-26/h6,8-15,17-19,41H,5,7,16H2,1-4H3,(H2,37,40)/b9-6+,29-28-. The molecular formula is C32H33BClF2N3O2. The molecule has 0 spiro atoms. The number of aryl methyl sites for hydroxylation is 2. The van der Waals surface area contributed by atoms with Crippen molar-refractivity contribution >= 4 is 42.3 Å². The fourth-order valence-corrected chi connectivity index (χ4v) is 5.51. The van der Waals surface area contributed by atoms with Crippen molar-refractivity contribution in [2.45, 2.75) is 52.6 Å². The lowest BCUT2D eigenvalue weighted by Gasteiger charge is -2.25. The van der Waals surface area contributed by atoms with Crippen LogP contribution in [-0.4, -0.2) is 28.6 Å².